The van der Waals surface area contributed by atoms with Gasteiger partial charge in [-0.2, -0.15) is 0 Å². The third-order valence-corrected chi connectivity index (χ3v) is 5.24. The second kappa shape index (κ2) is 6.28. The van der Waals surface area contributed by atoms with E-state index < -0.39 is 0 Å². The number of methoxy groups -OCH3 is 1. The van der Waals surface area contributed by atoms with Gasteiger partial charge >= 0.3 is 0 Å². The van der Waals surface area contributed by atoms with Crippen molar-refractivity contribution >= 4 is 5.91 Å². The molecule has 1 N–H and O–H groups in total. The van der Waals surface area contributed by atoms with E-state index in [1.807, 2.05) is 0 Å². The predicted octanol–water partition coefficient (Wildman–Crippen LogP) is 2.26. The molecule has 1 saturated carbocycles. The monoisotopic (exact) mass is 330 g/mol. The van der Waals surface area contributed by atoms with Crippen LogP contribution in [-0.2, 0) is 17.8 Å². The van der Waals surface area contributed by atoms with Crippen LogP contribution < -0.4 is 14.8 Å². The molecule has 4 rings (SSSR count). The fraction of sp³-hybridized carbons (Fsp3) is 0.632. The van der Waals surface area contributed by atoms with E-state index in [0.29, 0.717) is 6.04 Å². The lowest BCUT2D eigenvalue weighted by Crippen LogP contribution is -2.43. The molecule has 0 spiro atoms. The minimum Gasteiger partial charge on any atom is -0.497 e. The lowest BCUT2D eigenvalue weighted by Gasteiger charge is -2.25. The quantitative estimate of drug-likeness (QED) is 0.900. The van der Waals surface area contributed by atoms with Crippen LogP contribution in [0, 0.1) is 0 Å². The number of amides is 1. The van der Waals surface area contributed by atoms with E-state index in [-0.39, 0.29) is 18.1 Å². The Morgan fingerprint density at radius 1 is 1.38 bits per heavy atom. The summed E-state index contributed by atoms with van der Waals surface area (Å²) in [6, 6.07) is 4.55. The zero-order valence-electron chi connectivity index (χ0n) is 14.5. The number of hydrogen-bond donors (Lipinski definition) is 1. The van der Waals surface area contributed by atoms with Gasteiger partial charge in [-0.05, 0) is 51.3 Å². The first-order chi connectivity index (χ1) is 11.6. The van der Waals surface area contributed by atoms with Gasteiger partial charge in [0.2, 0.25) is 5.91 Å². The van der Waals surface area contributed by atoms with E-state index >= 15 is 0 Å². The highest BCUT2D eigenvalue weighted by Crippen LogP contribution is 2.37. The van der Waals surface area contributed by atoms with Gasteiger partial charge in [0.15, 0.2) is 0 Å². The van der Waals surface area contributed by atoms with Gasteiger partial charge in [0, 0.05) is 30.1 Å². The summed E-state index contributed by atoms with van der Waals surface area (Å²) < 4.78 is 11.5. The fourth-order valence-corrected chi connectivity index (χ4v) is 3.87. The SMILES string of the molecule is COc1cc2c(c(CN3CCCC3C(=O)NC3CC3)c1)OC(C)C2. The van der Waals surface area contributed by atoms with E-state index in [0.717, 1.165) is 62.3 Å². The molecule has 2 aliphatic heterocycles. The molecule has 5 nitrogen and oxygen atoms in total. The normalized spacial score (nSPS) is 26.1. The number of carbonyl (C=O) groups is 1. The van der Waals surface area contributed by atoms with Crippen LogP contribution in [-0.4, -0.2) is 42.6 Å². The minimum absolute atomic E-state index is 0.00808. The molecule has 3 aliphatic rings. The molecule has 2 atom stereocenters. The summed E-state index contributed by atoms with van der Waals surface area (Å²) in [5, 5.41) is 3.16. The molecule has 0 aromatic heterocycles. The Bertz CT molecular complexity index is 642. The zero-order chi connectivity index (χ0) is 16.7. The Kier molecular flexibility index (Phi) is 4.12. The molecule has 0 bridgehead atoms. The number of fused-ring (bicyclic) bond motifs is 1. The summed E-state index contributed by atoms with van der Waals surface area (Å²) in [4.78, 5) is 14.8. The summed E-state index contributed by atoms with van der Waals surface area (Å²) in [5.41, 5.74) is 2.36. The van der Waals surface area contributed by atoms with Gasteiger partial charge < -0.3 is 14.8 Å². The highest BCUT2D eigenvalue weighted by atomic mass is 16.5. The number of ether oxygens (including phenoxy) is 2. The van der Waals surface area contributed by atoms with E-state index in [2.05, 4.69) is 29.3 Å². The van der Waals surface area contributed by atoms with Crippen molar-refractivity contribution in [1.82, 2.24) is 10.2 Å². The van der Waals surface area contributed by atoms with E-state index in [9.17, 15) is 4.79 Å². The largest absolute Gasteiger partial charge is 0.497 e. The Balaban J connectivity index is 1.53. The van der Waals surface area contributed by atoms with E-state index in [1.165, 1.54) is 5.56 Å². The smallest absolute Gasteiger partial charge is 0.237 e. The topological polar surface area (TPSA) is 50.8 Å². The number of rotatable bonds is 5. The summed E-state index contributed by atoms with van der Waals surface area (Å²) in [7, 11) is 1.70. The maximum Gasteiger partial charge on any atom is 0.237 e. The molecule has 5 heteroatoms. The molecule has 2 heterocycles. The van der Waals surface area contributed by atoms with Crippen molar-refractivity contribution in [2.75, 3.05) is 13.7 Å². The molecule has 2 unspecified atom stereocenters. The molecule has 1 aromatic rings. The molecule has 24 heavy (non-hydrogen) atoms. The van der Waals surface area contributed by atoms with Gasteiger partial charge in [-0.3, -0.25) is 9.69 Å². The van der Waals surface area contributed by atoms with Crippen LogP contribution in [0.5, 0.6) is 11.5 Å². The average Bonchev–Trinajstić information content (AvgIpc) is 3.10. The van der Waals surface area contributed by atoms with E-state index in [4.69, 9.17) is 9.47 Å². The van der Waals surface area contributed by atoms with Gasteiger partial charge in [0.25, 0.3) is 0 Å². The summed E-state index contributed by atoms with van der Waals surface area (Å²) >= 11 is 0. The van der Waals surface area contributed by atoms with Crippen molar-refractivity contribution in [2.24, 2.45) is 0 Å². The Morgan fingerprint density at radius 3 is 2.96 bits per heavy atom. The van der Waals surface area contributed by atoms with Crippen LogP contribution in [0.1, 0.15) is 43.7 Å². The third kappa shape index (κ3) is 3.09. The van der Waals surface area contributed by atoms with Crippen molar-refractivity contribution in [3.63, 3.8) is 0 Å². The molecule has 1 aromatic carbocycles. The number of carbonyl (C=O) groups excluding carboxylic acids is 1. The van der Waals surface area contributed by atoms with Gasteiger partial charge in [0.05, 0.1) is 13.2 Å². The lowest BCUT2D eigenvalue weighted by molar-refractivity contribution is -0.125. The van der Waals surface area contributed by atoms with Crippen LogP contribution in [0.15, 0.2) is 12.1 Å². The average molecular weight is 330 g/mol. The van der Waals surface area contributed by atoms with Gasteiger partial charge in [-0.15, -0.1) is 0 Å². The minimum atomic E-state index is -0.00808. The van der Waals surface area contributed by atoms with Crippen molar-refractivity contribution in [3.05, 3.63) is 23.3 Å². The van der Waals surface area contributed by atoms with Crippen LogP contribution in [0.4, 0.5) is 0 Å². The molecular formula is C19H26N2O3. The molecular weight excluding hydrogens is 304 g/mol. The molecule has 1 saturated heterocycles. The Labute approximate surface area is 143 Å². The number of benzene rings is 1. The van der Waals surface area contributed by atoms with Crippen molar-refractivity contribution in [1.29, 1.82) is 0 Å². The maximum absolute atomic E-state index is 12.5. The third-order valence-electron chi connectivity index (χ3n) is 5.24. The zero-order valence-corrected chi connectivity index (χ0v) is 14.5. The fourth-order valence-electron chi connectivity index (χ4n) is 3.87. The number of nitrogens with zero attached hydrogens (tertiary/aromatic N) is 1. The van der Waals surface area contributed by atoms with Crippen LogP contribution in [0.3, 0.4) is 0 Å². The number of likely N-dealkylation sites (tertiary alicyclic amines) is 1. The van der Waals surface area contributed by atoms with Gasteiger partial charge in [0.1, 0.15) is 17.6 Å². The van der Waals surface area contributed by atoms with Crippen LogP contribution in [0.2, 0.25) is 0 Å². The van der Waals surface area contributed by atoms with Gasteiger partial charge in [-0.25, -0.2) is 0 Å². The van der Waals surface area contributed by atoms with Gasteiger partial charge in [-0.1, -0.05) is 0 Å². The molecule has 0 radical (unpaired) electrons. The standard InChI is InChI=1S/C19H26N2O3/c1-12-8-13-9-16(23-2)10-14(18(13)24-12)11-21-7-3-4-17(21)19(22)20-15-5-6-15/h9-10,12,15,17H,3-8,11H2,1-2H3,(H,20,22). The first-order valence-corrected chi connectivity index (χ1v) is 9.05. The summed E-state index contributed by atoms with van der Waals surface area (Å²) in [6.45, 7) is 3.80. The highest BCUT2D eigenvalue weighted by molar-refractivity contribution is 5.82. The lowest BCUT2D eigenvalue weighted by atomic mass is 10.0. The highest BCUT2D eigenvalue weighted by Gasteiger charge is 2.35. The molecule has 1 amide bonds. The second-order valence-electron chi connectivity index (χ2n) is 7.32. The van der Waals surface area contributed by atoms with E-state index in [1.54, 1.807) is 7.11 Å². The number of hydrogen-bond acceptors (Lipinski definition) is 4. The number of nitrogens with one attached hydrogen (secondary N) is 1. The van der Waals surface area contributed by atoms with Crippen molar-refractivity contribution in [3.8, 4) is 11.5 Å². The summed E-state index contributed by atoms with van der Waals surface area (Å²) in [5.74, 6) is 2.07. The first kappa shape index (κ1) is 15.8. The predicted molar refractivity (Wildman–Crippen MR) is 91.4 cm³/mol. The molecule has 1 aliphatic carbocycles. The molecule has 2 fully saturated rings. The second-order valence-corrected chi connectivity index (χ2v) is 7.32. The van der Waals surface area contributed by atoms with Crippen LogP contribution in [0.25, 0.3) is 0 Å². The van der Waals surface area contributed by atoms with Crippen LogP contribution >= 0.6 is 0 Å². The first-order valence-electron chi connectivity index (χ1n) is 9.05. The van der Waals surface area contributed by atoms with Crippen molar-refractivity contribution < 1.29 is 14.3 Å². The summed E-state index contributed by atoms with van der Waals surface area (Å²) in [6.07, 6.45) is 5.42. The molecule has 130 valence electrons. The Morgan fingerprint density at radius 2 is 2.21 bits per heavy atom. The Hall–Kier alpha value is -1.75. The maximum atomic E-state index is 12.5. The van der Waals surface area contributed by atoms with Crippen molar-refractivity contribution in [2.45, 2.75) is 63.8 Å².